The number of hydrogen-bond acceptors (Lipinski definition) is 5. The van der Waals surface area contributed by atoms with Gasteiger partial charge in [0.25, 0.3) is 5.91 Å². The average molecular weight is 263 g/mol. The summed E-state index contributed by atoms with van der Waals surface area (Å²) in [6, 6.07) is 1.29. The van der Waals surface area contributed by atoms with Gasteiger partial charge in [-0.1, -0.05) is 0 Å². The van der Waals surface area contributed by atoms with Crippen molar-refractivity contribution in [3.63, 3.8) is 0 Å². The molecule has 2 heterocycles. The summed E-state index contributed by atoms with van der Waals surface area (Å²) in [5, 5.41) is 13.2. The molecule has 1 unspecified atom stereocenters. The molecular weight excluding hydrogens is 250 g/mol. The molecule has 0 saturated carbocycles. The molecule has 5 nitrogen and oxygen atoms in total. The third-order valence-electron chi connectivity index (χ3n) is 2.40. The van der Waals surface area contributed by atoms with Gasteiger partial charge in [0.1, 0.15) is 10.8 Å². The van der Waals surface area contributed by atoms with Gasteiger partial charge in [-0.05, 0) is 19.9 Å². The van der Waals surface area contributed by atoms with E-state index in [1.54, 1.807) is 6.20 Å². The predicted molar refractivity (Wildman–Crippen MR) is 68.6 cm³/mol. The van der Waals surface area contributed by atoms with Gasteiger partial charge in [-0.2, -0.15) is 0 Å². The van der Waals surface area contributed by atoms with Crippen LogP contribution in [0, 0.1) is 6.92 Å². The van der Waals surface area contributed by atoms with E-state index in [1.807, 2.05) is 13.8 Å². The van der Waals surface area contributed by atoms with Crippen LogP contribution < -0.4 is 5.32 Å². The largest absolute Gasteiger partial charge is 0.505 e. The Balaban J connectivity index is 2.10. The molecule has 2 N–H and O–H groups in total. The molecule has 0 aromatic carbocycles. The van der Waals surface area contributed by atoms with Crippen molar-refractivity contribution >= 4 is 17.2 Å². The summed E-state index contributed by atoms with van der Waals surface area (Å²) in [5.41, 5.74) is 0.213. The summed E-state index contributed by atoms with van der Waals surface area (Å²) in [6.45, 7) is 3.82. The lowest BCUT2D eigenvalue weighted by molar-refractivity contribution is 0.0937. The number of thiazole rings is 1. The summed E-state index contributed by atoms with van der Waals surface area (Å²) in [5.74, 6) is -0.465. The molecule has 2 rings (SSSR count). The highest BCUT2D eigenvalue weighted by Gasteiger charge is 2.16. The number of amides is 1. The van der Waals surface area contributed by atoms with Crippen molar-refractivity contribution in [2.75, 3.05) is 0 Å². The zero-order chi connectivity index (χ0) is 13.1. The lowest BCUT2D eigenvalue weighted by atomic mass is 10.2. The Kier molecular flexibility index (Phi) is 3.57. The maximum atomic E-state index is 11.9. The zero-order valence-corrected chi connectivity index (χ0v) is 10.9. The Morgan fingerprint density at radius 3 is 2.89 bits per heavy atom. The molecule has 0 radical (unpaired) electrons. The minimum Gasteiger partial charge on any atom is -0.505 e. The van der Waals surface area contributed by atoms with Gasteiger partial charge < -0.3 is 10.4 Å². The van der Waals surface area contributed by atoms with E-state index in [0.717, 1.165) is 9.88 Å². The molecule has 0 fully saturated rings. The van der Waals surface area contributed by atoms with Crippen molar-refractivity contribution in [1.29, 1.82) is 0 Å². The van der Waals surface area contributed by atoms with E-state index in [1.165, 1.54) is 29.8 Å². The number of nitrogens with zero attached hydrogens (tertiary/aromatic N) is 2. The molecule has 1 atom stereocenters. The van der Waals surface area contributed by atoms with Gasteiger partial charge >= 0.3 is 0 Å². The number of aryl methyl sites for hydroxylation is 1. The van der Waals surface area contributed by atoms with Crippen LogP contribution in [0.2, 0.25) is 0 Å². The quantitative estimate of drug-likeness (QED) is 0.888. The van der Waals surface area contributed by atoms with Crippen LogP contribution in [-0.2, 0) is 0 Å². The van der Waals surface area contributed by atoms with Crippen molar-refractivity contribution < 1.29 is 9.90 Å². The van der Waals surface area contributed by atoms with E-state index in [4.69, 9.17) is 0 Å². The minimum atomic E-state index is -0.338. The molecule has 18 heavy (non-hydrogen) atoms. The second kappa shape index (κ2) is 5.14. The highest BCUT2D eigenvalue weighted by molar-refractivity contribution is 7.11. The summed E-state index contributed by atoms with van der Waals surface area (Å²) in [6.07, 6.45) is 4.48. The van der Waals surface area contributed by atoms with E-state index in [-0.39, 0.29) is 23.3 Å². The number of pyridine rings is 1. The zero-order valence-electron chi connectivity index (χ0n) is 10.0. The SMILES string of the molecule is Cc1cnc(C(C)NC(=O)c2ccncc2O)s1. The van der Waals surface area contributed by atoms with Crippen LogP contribution in [0.5, 0.6) is 5.75 Å². The first kappa shape index (κ1) is 12.5. The number of nitrogens with one attached hydrogen (secondary N) is 1. The van der Waals surface area contributed by atoms with Gasteiger partial charge in [0, 0.05) is 17.3 Å². The molecule has 2 aromatic rings. The first-order valence-corrected chi connectivity index (χ1v) is 6.25. The van der Waals surface area contributed by atoms with Crippen LogP contribution in [0.4, 0.5) is 0 Å². The molecule has 2 aromatic heterocycles. The normalized spacial score (nSPS) is 12.1. The molecule has 6 heteroatoms. The Bertz CT molecular complexity index is 568. The summed E-state index contributed by atoms with van der Waals surface area (Å²) >= 11 is 1.54. The second-order valence-corrected chi connectivity index (χ2v) is 5.16. The third-order valence-corrected chi connectivity index (χ3v) is 3.50. The van der Waals surface area contributed by atoms with Gasteiger partial charge in [-0.15, -0.1) is 11.3 Å². The van der Waals surface area contributed by atoms with Gasteiger partial charge in [-0.25, -0.2) is 4.98 Å². The molecule has 0 aliphatic rings. The number of rotatable bonds is 3. The number of aromatic nitrogens is 2. The summed E-state index contributed by atoms with van der Waals surface area (Å²) < 4.78 is 0. The molecule has 0 aliphatic heterocycles. The van der Waals surface area contributed by atoms with Crippen LogP contribution in [0.1, 0.15) is 33.2 Å². The first-order chi connectivity index (χ1) is 8.58. The van der Waals surface area contributed by atoms with E-state index in [0.29, 0.717) is 0 Å². The predicted octanol–water partition coefficient (Wildman–Crippen LogP) is 2.04. The molecule has 0 aliphatic carbocycles. The van der Waals surface area contributed by atoms with Crippen molar-refractivity contribution in [1.82, 2.24) is 15.3 Å². The van der Waals surface area contributed by atoms with Crippen LogP contribution >= 0.6 is 11.3 Å². The molecule has 94 valence electrons. The molecular formula is C12H13N3O2S. The van der Waals surface area contributed by atoms with E-state index >= 15 is 0 Å². The van der Waals surface area contributed by atoms with Crippen LogP contribution in [0.15, 0.2) is 24.7 Å². The Morgan fingerprint density at radius 1 is 1.50 bits per heavy atom. The number of aromatic hydroxyl groups is 1. The van der Waals surface area contributed by atoms with Crippen LogP contribution in [-0.4, -0.2) is 21.0 Å². The lowest BCUT2D eigenvalue weighted by Gasteiger charge is -2.11. The average Bonchev–Trinajstić information content (AvgIpc) is 2.76. The monoisotopic (exact) mass is 263 g/mol. The maximum Gasteiger partial charge on any atom is 0.255 e. The molecule has 0 saturated heterocycles. The molecule has 0 spiro atoms. The highest BCUT2D eigenvalue weighted by atomic mass is 32.1. The topological polar surface area (TPSA) is 75.1 Å². The van der Waals surface area contributed by atoms with Crippen molar-refractivity contribution in [2.24, 2.45) is 0 Å². The van der Waals surface area contributed by atoms with Gasteiger partial charge in [0.2, 0.25) is 0 Å². The first-order valence-electron chi connectivity index (χ1n) is 5.44. The fourth-order valence-corrected chi connectivity index (χ4v) is 2.26. The molecule has 1 amide bonds. The van der Waals surface area contributed by atoms with Crippen molar-refractivity contribution in [3.05, 3.63) is 40.1 Å². The number of hydrogen-bond donors (Lipinski definition) is 2. The van der Waals surface area contributed by atoms with Crippen molar-refractivity contribution in [2.45, 2.75) is 19.9 Å². The van der Waals surface area contributed by atoms with Gasteiger partial charge in [0.05, 0.1) is 17.8 Å². The third kappa shape index (κ3) is 2.65. The number of carbonyl (C=O) groups is 1. The Hall–Kier alpha value is -1.95. The maximum absolute atomic E-state index is 11.9. The molecule has 0 bridgehead atoms. The minimum absolute atomic E-state index is 0.127. The van der Waals surface area contributed by atoms with E-state index < -0.39 is 0 Å². The number of carbonyl (C=O) groups excluding carboxylic acids is 1. The van der Waals surface area contributed by atoms with Crippen LogP contribution in [0.3, 0.4) is 0 Å². The van der Waals surface area contributed by atoms with Gasteiger partial charge in [0.15, 0.2) is 0 Å². The summed E-state index contributed by atoms with van der Waals surface area (Å²) in [4.78, 5) is 21.0. The van der Waals surface area contributed by atoms with E-state index in [9.17, 15) is 9.90 Å². The standard InChI is InChI=1S/C12H13N3O2S/c1-7-5-14-12(18-7)8(2)15-11(17)9-3-4-13-6-10(9)16/h3-6,8,16H,1-2H3,(H,15,17). The fraction of sp³-hybridized carbons (Fsp3) is 0.250. The fourth-order valence-electron chi connectivity index (χ4n) is 1.49. The lowest BCUT2D eigenvalue weighted by Crippen LogP contribution is -2.26. The van der Waals surface area contributed by atoms with E-state index in [2.05, 4.69) is 15.3 Å². The van der Waals surface area contributed by atoms with Gasteiger partial charge in [-0.3, -0.25) is 9.78 Å². The highest BCUT2D eigenvalue weighted by Crippen LogP contribution is 2.20. The smallest absolute Gasteiger partial charge is 0.255 e. The van der Waals surface area contributed by atoms with Crippen molar-refractivity contribution in [3.8, 4) is 5.75 Å². The Morgan fingerprint density at radius 2 is 2.28 bits per heavy atom. The summed E-state index contributed by atoms with van der Waals surface area (Å²) in [7, 11) is 0. The second-order valence-electron chi connectivity index (χ2n) is 3.90. The Labute approximate surface area is 109 Å². The van der Waals surface area contributed by atoms with Crippen LogP contribution in [0.25, 0.3) is 0 Å².